The molecule has 2 N–H and O–H groups in total. The Bertz CT molecular complexity index is 540. The Hall–Kier alpha value is -1.98. The minimum absolute atomic E-state index is 0.0267. The van der Waals surface area contributed by atoms with Gasteiger partial charge in [0.25, 0.3) is 0 Å². The van der Waals surface area contributed by atoms with Crippen molar-refractivity contribution >= 4 is 5.91 Å². The Morgan fingerprint density at radius 3 is 2.09 bits per heavy atom. The van der Waals surface area contributed by atoms with Crippen LogP contribution in [0, 0.1) is 0 Å². The Morgan fingerprint density at radius 1 is 1.14 bits per heavy atom. The smallest absolute Gasteiger partial charge is 0.384 e. The molecule has 0 saturated heterocycles. The zero-order valence-electron chi connectivity index (χ0n) is 13.1. The van der Waals surface area contributed by atoms with Crippen molar-refractivity contribution in [3.63, 3.8) is 0 Å². The van der Waals surface area contributed by atoms with Crippen LogP contribution in [0.15, 0.2) is 36.0 Å². The summed E-state index contributed by atoms with van der Waals surface area (Å²) in [5.41, 5.74) is 0.928. The summed E-state index contributed by atoms with van der Waals surface area (Å²) < 4.78 is 37.5. The molecule has 0 aliphatic heterocycles. The third kappa shape index (κ3) is 5.42. The van der Waals surface area contributed by atoms with E-state index in [1.54, 1.807) is 0 Å². The van der Waals surface area contributed by atoms with Crippen molar-refractivity contribution in [1.82, 2.24) is 10.6 Å². The normalized spacial score (nSPS) is 13.0. The molecule has 0 unspecified atom stereocenters. The van der Waals surface area contributed by atoms with Crippen molar-refractivity contribution in [2.45, 2.75) is 38.9 Å². The standard InChI is InChI=1S/C16H21F3N2O/c1-15(2,3)12-7-5-11(6-8-12)10-21-14(22)9-13(20-4)16(17,18)19/h5-9,20H,10H2,1-4H3,(H,21,22)/b13-9-. The number of carbonyl (C=O) groups is 1. The molecule has 0 aromatic heterocycles. The fourth-order valence-electron chi connectivity index (χ4n) is 1.79. The maximum Gasteiger partial charge on any atom is 0.431 e. The van der Waals surface area contributed by atoms with Gasteiger partial charge in [-0.3, -0.25) is 4.79 Å². The summed E-state index contributed by atoms with van der Waals surface area (Å²) in [6.45, 7) is 6.44. The van der Waals surface area contributed by atoms with Crippen LogP contribution in [0.1, 0.15) is 31.9 Å². The molecule has 3 nitrogen and oxygen atoms in total. The third-order valence-corrected chi connectivity index (χ3v) is 3.14. The first-order valence-electron chi connectivity index (χ1n) is 6.88. The summed E-state index contributed by atoms with van der Waals surface area (Å²) in [7, 11) is 1.12. The van der Waals surface area contributed by atoms with E-state index in [1.165, 1.54) is 0 Å². The van der Waals surface area contributed by atoms with E-state index in [0.717, 1.165) is 18.2 Å². The number of allylic oxidation sites excluding steroid dienone is 1. The molecule has 0 radical (unpaired) electrons. The van der Waals surface area contributed by atoms with Gasteiger partial charge in [-0.15, -0.1) is 0 Å². The van der Waals surface area contributed by atoms with E-state index in [-0.39, 0.29) is 12.0 Å². The van der Waals surface area contributed by atoms with Crippen LogP contribution in [-0.4, -0.2) is 19.1 Å². The Balaban J connectivity index is 2.67. The molecular formula is C16H21F3N2O. The van der Waals surface area contributed by atoms with E-state index in [4.69, 9.17) is 0 Å². The number of carbonyl (C=O) groups excluding carboxylic acids is 1. The van der Waals surface area contributed by atoms with Crippen LogP contribution >= 0.6 is 0 Å². The molecule has 0 aliphatic rings. The Kier molecular flexibility index (Phi) is 5.63. The highest BCUT2D eigenvalue weighted by Gasteiger charge is 2.33. The minimum atomic E-state index is -4.57. The van der Waals surface area contributed by atoms with Gasteiger partial charge in [0.1, 0.15) is 5.70 Å². The number of hydrogen-bond acceptors (Lipinski definition) is 2. The van der Waals surface area contributed by atoms with E-state index in [9.17, 15) is 18.0 Å². The SMILES string of the molecule is CN/C(=C\C(=O)NCc1ccc(C(C)(C)C)cc1)C(F)(F)F. The number of amides is 1. The first kappa shape index (κ1) is 18.1. The van der Waals surface area contributed by atoms with E-state index in [0.29, 0.717) is 6.08 Å². The van der Waals surface area contributed by atoms with Crippen molar-refractivity contribution in [2.24, 2.45) is 0 Å². The van der Waals surface area contributed by atoms with Gasteiger partial charge in [-0.05, 0) is 16.5 Å². The lowest BCUT2D eigenvalue weighted by Crippen LogP contribution is -2.28. The lowest BCUT2D eigenvalue weighted by atomic mass is 9.87. The average molecular weight is 314 g/mol. The monoisotopic (exact) mass is 314 g/mol. The second-order valence-corrected chi connectivity index (χ2v) is 5.97. The molecule has 0 fully saturated rings. The number of alkyl halides is 3. The first-order valence-corrected chi connectivity index (χ1v) is 6.88. The molecule has 0 bridgehead atoms. The topological polar surface area (TPSA) is 41.1 Å². The summed E-state index contributed by atoms with van der Waals surface area (Å²) >= 11 is 0. The summed E-state index contributed by atoms with van der Waals surface area (Å²) in [5.74, 6) is -0.790. The van der Waals surface area contributed by atoms with Gasteiger partial charge in [0.05, 0.1) is 0 Å². The van der Waals surface area contributed by atoms with E-state index in [2.05, 4.69) is 26.1 Å². The van der Waals surface area contributed by atoms with Gasteiger partial charge in [0.15, 0.2) is 0 Å². The molecular weight excluding hydrogens is 293 g/mol. The molecule has 0 spiro atoms. The van der Waals surface area contributed by atoms with Crippen molar-refractivity contribution in [3.8, 4) is 0 Å². The predicted molar refractivity (Wildman–Crippen MR) is 80.2 cm³/mol. The minimum Gasteiger partial charge on any atom is -0.384 e. The second-order valence-electron chi connectivity index (χ2n) is 5.97. The van der Waals surface area contributed by atoms with Gasteiger partial charge in [0.2, 0.25) is 5.91 Å². The zero-order valence-corrected chi connectivity index (χ0v) is 13.1. The van der Waals surface area contributed by atoms with Crippen molar-refractivity contribution in [1.29, 1.82) is 0 Å². The van der Waals surface area contributed by atoms with Crippen LogP contribution in [0.3, 0.4) is 0 Å². The number of hydrogen-bond donors (Lipinski definition) is 2. The summed E-state index contributed by atoms with van der Waals surface area (Å²) in [6, 6.07) is 7.61. The van der Waals surface area contributed by atoms with Crippen LogP contribution in [0.25, 0.3) is 0 Å². The molecule has 0 heterocycles. The van der Waals surface area contributed by atoms with Crippen LogP contribution in [0.5, 0.6) is 0 Å². The van der Waals surface area contributed by atoms with Gasteiger partial charge in [0, 0.05) is 19.7 Å². The van der Waals surface area contributed by atoms with Gasteiger partial charge < -0.3 is 10.6 Å². The first-order chi connectivity index (χ1) is 10.0. The van der Waals surface area contributed by atoms with Crippen molar-refractivity contribution < 1.29 is 18.0 Å². The molecule has 1 aromatic rings. The highest BCUT2D eigenvalue weighted by molar-refractivity contribution is 5.88. The molecule has 1 rings (SSSR count). The maximum atomic E-state index is 12.5. The fraction of sp³-hybridized carbons (Fsp3) is 0.438. The van der Waals surface area contributed by atoms with Gasteiger partial charge in [-0.2, -0.15) is 13.2 Å². The summed E-state index contributed by atoms with van der Waals surface area (Å²) in [5, 5.41) is 4.41. The Morgan fingerprint density at radius 2 is 1.68 bits per heavy atom. The highest BCUT2D eigenvalue weighted by atomic mass is 19.4. The zero-order chi connectivity index (χ0) is 17.0. The van der Waals surface area contributed by atoms with E-state index < -0.39 is 17.8 Å². The molecule has 0 atom stereocenters. The fourth-order valence-corrected chi connectivity index (χ4v) is 1.79. The number of nitrogens with one attached hydrogen (secondary N) is 2. The van der Waals surface area contributed by atoms with E-state index in [1.807, 2.05) is 29.6 Å². The molecule has 6 heteroatoms. The number of benzene rings is 1. The quantitative estimate of drug-likeness (QED) is 0.838. The summed E-state index contributed by atoms with van der Waals surface area (Å²) in [6.07, 6.45) is -4.05. The van der Waals surface area contributed by atoms with E-state index >= 15 is 0 Å². The Labute approximate surface area is 128 Å². The lowest BCUT2D eigenvalue weighted by Gasteiger charge is -2.19. The predicted octanol–water partition coefficient (Wildman–Crippen LogP) is 3.27. The van der Waals surface area contributed by atoms with Gasteiger partial charge in [-0.25, -0.2) is 0 Å². The van der Waals surface area contributed by atoms with Crippen LogP contribution < -0.4 is 10.6 Å². The molecule has 0 saturated carbocycles. The van der Waals surface area contributed by atoms with Gasteiger partial charge >= 0.3 is 6.18 Å². The van der Waals surface area contributed by atoms with Crippen molar-refractivity contribution in [3.05, 3.63) is 47.2 Å². The lowest BCUT2D eigenvalue weighted by molar-refractivity contribution is -0.118. The highest BCUT2D eigenvalue weighted by Crippen LogP contribution is 2.23. The molecule has 122 valence electrons. The molecule has 1 aromatic carbocycles. The molecule has 22 heavy (non-hydrogen) atoms. The van der Waals surface area contributed by atoms with Crippen LogP contribution in [0.2, 0.25) is 0 Å². The third-order valence-electron chi connectivity index (χ3n) is 3.14. The second kappa shape index (κ2) is 6.85. The largest absolute Gasteiger partial charge is 0.431 e. The average Bonchev–Trinajstić information content (AvgIpc) is 2.40. The molecule has 0 aliphatic carbocycles. The van der Waals surface area contributed by atoms with Crippen LogP contribution in [0.4, 0.5) is 13.2 Å². The van der Waals surface area contributed by atoms with Gasteiger partial charge in [-0.1, -0.05) is 45.0 Å². The molecule has 1 amide bonds. The maximum absolute atomic E-state index is 12.5. The number of halogens is 3. The van der Waals surface area contributed by atoms with Crippen LogP contribution in [-0.2, 0) is 16.8 Å². The van der Waals surface area contributed by atoms with Crippen molar-refractivity contribution in [2.75, 3.05) is 7.05 Å². The number of rotatable bonds is 4. The summed E-state index contributed by atoms with van der Waals surface area (Å²) in [4.78, 5) is 11.5.